The van der Waals surface area contributed by atoms with Crippen LogP contribution in [-0.4, -0.2) is 12.4 Å². The van der Waals surface area contributed by atoms with E-state index >= 15 is 0 Å². The Morgan fingerprint density at radius 3 is 2.93 bits per heavy atom. The fraction of sp³-hybridized carbons (Fsp3) is 0.357. The standard InChI is InChI=1S/C14H15B/c1-14(2)12-8-4-3-6-10(12)11-7-5-9-15-13(11)14/h3-6,8-9,11H,7H2,1-2H3. The molecule has 3 rings (SSSR count). The molecular weight excluding hydrogens is 179 g/mol. The van der Waals surface area contributed by atoms with Crippen molar-refractivity contribution in [2.24, 2.45) is 0 Å². The van der Waals surface area contributed by atoms with Crippen molar-refractivity contribution in [3.8, 4) is 0 Å². The Hall–Kier alpha value is -1.11. The van der Waals surface area contributed by atoms with Crippen LogP contribution in [0.25, 0.3) is 0 Å². The molecule has 0 nitrogen and oxygen atoms in total. The molecule has 1 unspecified atom stereocenters. The van der Waals surface area contributed by atoms with Crippen molar-refractivity contribution in [2.45, 2.75) is 31.6 Å². The van der Waals surface area contributed by atoms with Gasteiger partial charge in [-0.2, -0.15) is 0 Å². The van der Waals surface area contributed by atoms with Gasteiger partial charge in [-0.1, -0.05) is 0 Å². The van der Waals surface area contributed by atoms with Crippen LogP contribution in [-0.2, 0) is 5.41 Å². The molecule has 74 valence electrons. The number of benzene rings is 1. The normalized spacial score (nSPS) is 25.2. The summed E-state index contributed by atoms with van der Waals surface area (Å²) < 4.78 is 0. The molecule has 1 heterocycles. The summed E-state index contributed by atoms with van der Waals surface area (Å²) in [6.07, 6.45) is 3.46. The van der Waals surface area contributed by atoms with Gasteiger partial charge >= 0.3 is 91.4 Å². The zero-order chi connectivity index (χ0) is 10.5. The molecule has 0 fully saturated rings. The topological polar surface area (TPSA) is 0 Å². The molecule has 15 heavy (non-hydrogen) atoms. The third-order valence-electron chi connectivity index (χ3n) is 3.89. The Morgan fingerprint density at radius 2 is 2.07 bits per heavy atom. The van der Waals surface area contributed by atoms with Gasteiger partial charge in [-0.3, -0.25) is 0 Å². The molecule has 0 radical (unpaired) electrons. The summed E-state index contributed by atoms with van der Waals surface area (Å²) in [7, 11) is 0. The van der Waals surface area contributed by atoms with E-state index in [1.807, 2.05) is 0 Å². The van der Waals surface area contributed by atoms with Crippen molar-refractivity contribution in [3.63, 3.8) is 0 Å². The van der Waals surface area contributed by atoms with Crippen molar-refractivity contribution in [1.29, 1.82) is 0 Å². The van der Waals surface area contributed by atoms with Gasteiger partial charge in [0.15, 0.2) is 0 Å². The van der Waals surface area contributed by atoms with E-state index in [0.717, 1.165) is 0 Å². The Labute approximate surface area is 91.9 Å². The number of allylic oxidation sites excluding steroid dienone is 1. The van der Waals surface area contributed by atoms with Crippen LogP contribution in [0.1, 0.15) is 37.3 Å². The Balaban J connectivity index is 2.26. The first-order valence-electron chi connectivity index (χ1n) is 5.68. The van der Waals surface area contributed by atoms with Gasteiger partial charge in [0.25, 0.3) is 0 Å². The van der Waals surface area contributed by atoms with Crippen LogP contribution in [0.4, 0.5) is 0 Å². The van der Waals surface area contributed by atoms with E-state index in [-0.39, 0.29) is 5.41 Å². The van der Waals surface area contributed by atoms with Crippen LogP contribution in [0.2, 0.25) is 0 Å². The van der Waals surface area contributed by atoms with Crippen LogP contribution < -0.4 is 0 Å². The second-order valence-electron chi connectivity index (χ2n) is 5.05. The Morgan fingerprint density at radius 1 is 1.27 bits per heavy atom. The molecule has 1 aromatic carbocycles. The van der Waals surface area contributed by atoms with Gasteiger partial charge in [-0.25, -0.2) is 0 Å². The van der Waals surface area contributed by atoms with E-state index in [0.29, 0.717) is 5.92 Å². The van der Waals surface area contributed by atoms with Crippen molar-refractivity contribution in [3.05, 3.63) is 47.4 Å². The SMILES string of the molecule is CC1(C)C2=BC=CCC2c2ccccc21. The zero-order valence-corrected chi connectivity index (χ0v) is 9.33. The summed E-state index contributed by atoms with van der Waals surface area (Å²) in [6, 6.07) is 8.90. The molecule has 0 aromatic heterocycles. The van der Waals surface area contributed by atoms with Gasteiger partial charge in [0.1, 0.15) is 0 Å². The minimum atomic E-state index is 0.228. The molecule has 2 aliphatic rings. The molecule has 0 saturated carbocycles. The molecule has 1 aliphatic heterocycles. The first kappa shape index (κ1) is 9.14. The van der Waals surface area contributed by atoms with Gasteiger partial charge < -0.3 is 0 Å². The Bertz CT molecular complexity index is 466. The molecule has 0 saturated heterocycles. The van der Waals surface area contributed by atoms with E-state index < -0.39 is 0 Å². The van der Waals surface area contributed by atoms with Crippen LogP contribution in [0.5, 0.6) is 0 Å². The molecule has 0 spiro atoms. The summed E-state index contributed by atoms with van der Waals surface area (Å²) in [5.41, 5.74) is 4.88. The van der Waals surface area contributed by atoms with Crippen molar-refractivity contribution >= 4 is 12.4 Å². The maximum absolute atomic E-state index is 2.34. The van der Waals surface area contributed by atoms with Crippen LogP contribution >= 0.6 is 0 Å². The Kier molecular flexibility index (Phi) is 1.79. The van der Waals surface area contributed by atoms with E-state index in [1.165, 1.54) is 17.5 Å². The van der Waals surface area contributed by atoms with E-state index in [4.69, 9.17) is 0 Å². The maximum atomic E-state index is 2.34. The molecule has 1 heteroatoms. The molecule has 0 amide bonds. The molecule has 1 atom stereocenters. The van der Waals surface area contributed by atoms with Crippen LogP contribution in [0.3, 0.4) is 0 Å². The first-order valence-corrected chi connectivity index (χ1v) is 5.68. The molecule has 1 aliphatic carbocycles. The third-order valence-corrected chi connectivity index (χ3v) is 3.89. The summed E-state index contributed by atoms with van der Waals surface area (Å²) in [5, 5.41) is 0. The molecular formula is C14H15B. The van der Waals surface area contributed by atoms with Crippen molar-refractivity contribution in [1.82, 2.24) is 0 Å². The van der Waals surface area contributed by atoms with Gasteiger partial charge in [0, 0.05) is 0 Å². The van der Waals surface area contributed by atoms with Gasteiger partial charge in [-0.15, -0.1) is 0 Å². The first-order chi connectivity index (χ1) is 7.21. The summed E-state index contributed by atoms with van der Waals surface area (Å²) in [5.74, 6) is 2.85. The van der Waals surface area contributed by atoms with Gasteiger partial charge in [-0.05, 0) is 0 Å². The summed E-state index contributed by atoms with van der Waals surface area (Å²) >= 11 is 0. The van der Waals surface area contributed by atoms with Crippen LogP contribution in [0, 0.1) is 0 Å². The average molecular weight is 194 g/mol. The monoisotopic (exact) mass is 194 g/mol. The quantitative estimate of drug-likeness (QED) is 0.557. The predicted octanol–water partition coefficient (Wildman–Crippen LogP) is 2.86. The second kappa shape index (κ2) is 2.94. The number of hydrogen-bond donors (Lipinski definition) is 0. The molecule has 1 aromatic rings. The minimum absolute atomic E-state index is 0.228. The number of fused-ring (bicyclic) bond motifs is 3. The van der Waals surface area contributed by atoms with E-state index in [2.05, 4.69) is 57.1 Å². The fourth-order valence-corrected chi connectivity index (χ4v) is 3.09. The fourth-order valence-electron chi connectivity index (χ4n) is 3.09. The average Bonchev–Trinajstić information content (AvgIpc) is 2.51. The zero-order valence-electron chi connectivity index (χ0n) is 9.33. The third kappa shape index (κ3) is 1.12. The second-order valence-corrected chi connectivity index (χ2v) is 5.05. The van der Waals surface area contributed by atoms with Crippen molar-refractivity contribution < 1.29 is 0 Å². The summed E-state index contributed by atoms with van der Waals surface area (Å²) in [6.45, 7) is 7.00. The van der Waals surface area contributed by atoms with E-state index in [1.54, 1.807) is 5.46 Å². The van der Waals surface area contributed by atoms with Gasteiger partial charge in [0.05, 0.1) is 0 Å². The van der Waals surface area contributed by atoms with Crippen LogP contribution in [0.15, 0.2) is 36.3 Å². The number of rotatable bonds is 0. The van der Waals surface area contributed by atoms with Gasteiger partial charge in [0.2, 0.25) is 0 Å². The van der Waals surface area contributed by atoms with Crippen molar-refractivity contribution in [2.75, 3.05) is 0 Å². The molecule has 0 bridgehead atoms. The number of hydrogen-bond acceptors (Lipinski definition) is 0. The predicted molar refractivity (Wildman–Crippen MR) is 66.7 cm³/mol. The summed E-state index contributed by atoms with van der Waals surface area (Å²) in [4.78, 5) is 0. The molecule has 0 N–H and O–H groups in total. The van der Waals surface area contributed by atoms with E-state index in [9.17, 15) is 0 Å².